The number of ketones is 1. The molecule has 2 rings (SSSR count). The highest BCUT2D eigenvalue weighted by Gasteiger charge is 2.23. The van der Waals surface area contributed by atoms with Crippen LogP contribution in [-0.4, -0.2) is 20.0 Å². The molecule has 1 aromatic carbocycles. The van der Waals surface area contributed by atoms with Gasteiger partial charge in [-0.2, -0.15) is 0 Å². The summed E-state index contributed by atoms with van der Waals surface area (Å²) >= 11 is 0. The van der Waals surface area contributed by atoms with Crippen molar-refractivity contribution in [2.24, 2.45) is 0 Å². The van der Waals surface area contributed by atoms with Gasteiger partial charge in [0.15, 0.2) is 17.3 Å². The van der Waals surface area contributed by atoms with Gasteiger partial charge in [0.05, 0.1) is 14.2 Å². The van der Waals surface area contributed by atoms with Crippen LogP contribution >= 0.6 is 0 Å². The van der Waals surface area contributed by atoms with Gasteiger partial charge in [-0.1, -0.05) is 26.0 Å². The third kappa shape index (κ3) is 2.58. The van der Waals surface area contributed by atoms with Crippen molar-refractivity contribution in [1.82, 2.24) is 0 Å². The lowest BCUT2D eigenvalue weighted by Crippen LogP contribution is -2.09. The molecule has 20 heavy (non-hydrogen) atoms. The maximum Gasteiger partial charge on any atom is 0.168 e. The van der Waals surface area contributed by atoms with E-state index >= 15 is 0 Å². The summed E-state index contributed by atoms with van der Waals surface area (Å²) in [4.78, 5) is 12.1. The first kappa shape index (κ1) is 14.6. The van der Waals surface area contributed by atoms with Crippen molar-refractivity contribution in [3.63, 3.8) is 0 Å². The standard InChI is InChI=1S/C17H22O3/c1-11(2)12-9-10-14(17(20-4)16(12)19-3)13-7-5-6-8-15(13)18/h7,9-11H,5-6,8H2,1-4H3. The molecule has 0 saturated carbocycles. The molecule has 0 amide bonds. The fourth-order valence-electron chi connectivity index (χ4n) is 2.68. The Hall–Kier alpha value is -1.77. The van der Waals surface area contributed by atoms with Crippen LogP contribution in [0.4, 0.5) is 0 Å². The van der Waals surface area contributed by atoms with Gasteiger partial charge in [0.25, 0.3) is 0 Å². The second kappa shape index (κ2) is 6.12. The molecule has 1 aliphatic rings. The third-order valence-electron chi connectivity index (χ3n) is 3.72. The summed E-state index contributed by atoms with van der Waals surface area (Å²) in [5.74, 6) is 1.93. The Morgan fingerprint density at radius 1 is 1.10 bits per heavy atom. The predicted molar refractivity (Wildman–Crippen MR) is 80.5 cm³/mol. The number of benzene rings is 1. The van der Waals surface area contributed by atoms with Crippen molar-refractivity contribution in [1.29, 1.82) is 0 Å². The molecule has 3 heteroatoms. The maximum absolute atomic E-state index is 12.1. The lowest BCUT2D eigenvalue weighted by Gasteiger charge is -2.20. The van der Waals surface area contributed by atoms with E-state index in [4.69, 9.17) is 9.47 Å². The number of carbonyl (C=O) groups is 1. The highest BCUT2D eigenvalue weighted by molar-refractivity contribution is 6.22. The van der Waals surface area contributed by atoms with E-state index in [9.17, 15) is 4.79 Å². The van der Waals surface area contributed by atoms with Crippen molar-refractivity contribution in [3.8, 4) is 11.5 Å². The van der Waals surface area contributed by atoms with Gasteiger partial charge in [0.1, 0.15) is 0 Å². The van der Waals surface area contributed by atoms with Crippen LogP contribution in [0.15, 0.2) is 18.2 Å². The Kier molecular flexibility index (Phi) is 4.48. The minimum atomic E-state index is 0.189. The van der Waals surface area contributed by atoms with Crippen LogP contribution in [0.5, 0.6) is 11.5 Å². The molecule has 0 fully saturated rings. The molecule has 0 bridgehead atoms. The molecule has 108 valence electrons. The number of hydrogen-bond donors (Lipinski definition) is 0. The highest BCUT2D eigenvalue weighted by Crippen LogP contribution is 2.42. The molecular weight excluding hydrogens is 252 g/mol. The summed E-state index contributed by atoms with van der Waals surface area (Å²) in [5, 5.41) is 0. The lowest BCUT2D eigenvalue weighted by molar-refractivity contribution is -0.114. The zero-order valence-corrected chi connectivity index (χ0v) is 12.7. The zero-order valence-electron chi connectivity index (χ0n) is 12.7. The van der Waals surface area contributed by atoms with Gasteiger partial charge in [-0.25, -0.2) is 0 Å². The molecule has 1 aliphatic carbocycles. The summed E-state index contributed by atoms with van der Waals surface area (Å²) in [7, 11) is 3.27. The third-order valence-corrected chi connectivity index (χ3v) is 3.72. The molecule has 0 saturated heterocycles. The van der Waals surface area contributed by atoms with E-state index in [1.165, 1.54) is 0 Å². The Balaban J connectivity index is 2.60. The highest BCUT2D eigenvalue weighted by atomic mass is 16.5. The average molecular weight is 274 g/mol. The van der Waals surface area contributed by atoms with Crippen molar-refractivity contribution in [2.75, 3.05) is 14.2 Å². The van der Waals surface area contributed by atoms with Crippen LogP contribution in [0.1, 0.15) is 50.2 Å². The molecule has 1 aromatic rings. The van der Waals surface area contributed by atoms with E-state index in [2.05, 4.69) is 13.8 Å². The van der Waals surface area contributed by atoms with Crippen LogP contribution in [0.2, 0.25) is 0 Å². The number of methoxy groups -OCH3 is 2. The summed E-state index contributed by atoms with van der Waals surface area (Å²) < 4.78 is 11.1. The second-order valence-corrected chi connectivity index (χ2v) is 5.36. The first-order valence-corrected chi connectivity index (χ1v) is 7.08. The van der Waals surface area contributed by atoms with Crippen molar-refractivity contribution in [3.05, 3.63) is 29.3 Å². The largest absolute Gasteiger partial charge is 0.493 e. The van der Waals surface area contributed by atoms with E-state index in [1.807, 2.05) is 18.2 Å². The van der Waals surface area contributed by atoms with Gasteiger partial charge < -0.3 is 9.47 Å². The second-order valence-electron chi connectivity index (χ2n) is 5.36. The lowest BCUT2D eigenvalue weighted by atomic mass is 9.89. The quantitative estimate of drug-likeness (QED) is 0.833. The number of Topliss-reactive ketones (excluding diaryl/α,β-unsaturated/α-hetero) is 1. The fraction of sp³-hybridized carbons (Fsp3) is 0.471. The molecule has 0 unspecified atom stereocenters. The fourth-order valence-corrected chi connectivity index (χ4v) is 2.68. The average Bonchev–Trinajstić information content (AvgIpc) is 2.46. The molecule has 0 aliphatic heterocycles. The van der Waals surface area contributed by atoms with Crippen LogP contribution in [0.3, 0.4) is 0 Å². The first-order valence-electron chi connectivity index (χ1n) is 7.08. The summed E-state index contributed by atoms with van der Waals surface area (Å²) in [6.45, 7) is 4.23. The first-order chi connectivity index (χ1) is 9.60. The number of carbonyl (C=O) groups excluding carboxylic acids is 1. The Bertz CT molecular complexity index is 541. The van der Waals surface area contributed by atoms with Gasteiger partial charge in [-0.3, -0.25) is 4.79 Å². The van der Waals surface area contributed by atoms with Crippen molar-refractivity contribution >= 4 is 11.4 Å². The van der Waals surface area contributed by atoms with E-state index < -0.39 is 0 Å². The van der Waals surface area contributed by atoms with Crippen LogP contribution < -0.4 is 9.47 Å². The van der Waals surface area contributed by atoms with Gasteiger partial charge in [-0.15, -0.1) is 0 Å². The molecule has 3 nitrogen and oxygen atoms in total. The van der Waals surface area contributed by atoms with Gasteiger partial charge in [0.2, 0.25) is 0 Å². The number of ether oxygens (including phenoxy) is 2. The summed E-state index contributed by atoms with van der Waals surface area (Å²) in [6.07, 6.45) is 4.51. The molecule has 0 spiro atoms. The van der Waals surface area contributed by atoms with Gasteiger partial charge >= 0.3 is 0 Å². The minimum Gasteiger partial charge on any atom is -0.493 e. The van der Waals surface area contributed by atoms with Gasteiger partial charge in [0, 0.05) is 23.1 Å². The summed E-state index contributed by atoms with van der Waals surface area (Å²) in [6, 6.07) is 4.01. The molecular formula is C17H22O3. The van der Waals surface area contributed by atoms with E-state index in [0.29, 0.717) is 18.1 Å². The van der Waals surface area contributed by atoms with E-state index in [1.54, 1.807) is 14.2 Å². The van der Waals surface area contributed by atoms with E-state index in [0.717, 1.165) is 35.3 Å². The van der Waals surface area contributed by atoms with Crippen LogP contribution in [0, 0.1) is 0 Å². The molecule has 0 radical (unpaired) electrons. The Labute approximate surface area is 120 Å². The smallest absolute Gasteiger partial charge is 0.168 e. The molecule has 0 N–H and O–H groups in total. The normalized spacial score (nSPS) is 15.2. The minimum absolute atomic E-state index is 0.189. The van der Waals surface area contributed by atoms with E-state index in [-0.39, 0.29) is 5.78 Å². The summed E-state index contributed by atoms with van der Waals surface area (Å²) in [5.41, 5.74) is 2.71. The topological polar surface area (TPSA) is 35.5 Å². The monoisotopic (exact) mass is 274 g/mol. The number of hydrogen-bond acceptors (Lipinski definition) is 3. The van der Waals surface area contributed by atoms with Crippen LogP contribution in [-0.2, 0) is 4.79 Å². The predicted octanol–water partition coefficient (Wildman–Crippen LogP) is 3.96. The molecule has 0 atom stereocenters. The number of allylic oxidation sites excluding steroid dienone is 2. The molecule has 0 aromatic heterocycles. The maximum atomic E-state index is 12.1. The van der Waals surface area contributed by atoms with Crippen molar-refractivity contribution < 1.29 is 14.3 Å². The van der Waals surface area contributed by atoms with Gasteiger partial charge in [-0.05, 0) is 24.8 Å². The Morgan fingerprint density at radius 3 is 2.35 bits per heavy atom. The SMILES string of the molecule is COc1c(C2=CCCCC2=O)ccc(C(C)C)c1OC. The zero-order chi connectivity index (χ0) is 14.7. The number of rotatable bonds is 4. The molecule has 0 heterocycles. The van der Waals surface area contributed by atoms with Crippen LogP contribution in [0.25, 0.3) is 5.57 Å². The Morgan fingerprint density at radius 2 is 1.80 bits per heavy atom. The van der Waals surface area contributed by atoms with Crippen molar-refractivity contribution in [2.45, 2.75) is 39.0 Å².